The van der Waals surface area contributed by atoms with Crippen molar-refractivity contribution in [3.8, 4) is 5.75 Å². The molecule has 0 unspecified atom stereocenters. The van der Waals surface area contributed by atoms with Crippen LogP contribution in [0.2, 0.25) is 5.15 Å². The molecule has 2 aromatic heterocycles. The van der Waals surface area contributed by atoms with Crippen LogP contribution in [0, 0.1) is 0 Å². The van der Waals surface area contributed by atoms with Crippen molar-refractivity contribution in [3.05, 3.63) is 59.1 Å². The maximum atomic E-state index is 13.8. The SMILES string of the molecule is C=C1Nc2nc(nc3cnc(Cl)c(C(F)(F)F)c23)C2CC(C2)Oc2ccccc21. The summed E-state index contributed by atoms with van der Waals surface area (Å²) >= 11 is 5.83. The number of anilines is 1. The quantitative estimate of drug-likeness (QED) is 0.494. The van der Waals surface area contributed by atoms with Crippen LogP contribution in [-0.2, 0) is 6.18 Å². The molecule has 1 aliphatic carbocycles. The molecule has 29 heavy (non-hydrogen) atoms. The summed E-state index contributed by atoms with van der Waals surface area (Å²) in [5, 5.41) is 2.07. The van der Waals surface area contributed by atoms with Crippen molar-refractivity contribution < 1.29 is 17.9 Å². The molecule has 6 rings (SSSR count). The topological polar surface area (TPSA) is 59.9 Å². The van der Waals surface area contributed by atoms with Crippen molar-refractivity contribution in [2.24, 2.45) is 0 Å². The monoisotopic (exact) mass is 418 g/mol. The van der Waals surface area contributed by atoms with Crippen molar-refractivity contribution in [3.63, 3.8) is 0 Å². The Kier molecular flexibility index (Phi) is 3.96. The van der Waals surface area contributed by atoms with Crippen molar-refractivity contribution >= 4 is 34.0 Å². The van der Waals surface area contributed by atoms with Gasteiger partial charge in [-0.25, -0.2) is 15.0 Å². The maximum Gasteiger partial charge on any atom is 0.420 e. The van der Waals surface area contributed by atoms with Gasteiger partial charge in [-0.15, -0.1) is 0 Å². The fraction of sp³-hybridized carbons (Fsp3) is 0.250. The molecule has 4 heterocycles. The van der Waals surface area contributed by atoms with E-state index in [1.54, 1.807) is 6.07 Å². The van der Waals surface area contributed by atoms with Crippen molar-refractivity contribution in [2.75, 3.05) is 5.32 Å². The molecule has 1 saturated carbocycles. The average Bonchev–Trinajstić information content (AvgIpc) is 2.65. The predicted molar refractivity (Wildman–Crippen MR) is 103 cm³/mol. The molecule has 0 amide bonds. The van der Waals surface area contributed by atoms with Gasteiger partial charge >= 0.3 is 6.18 Å². The molecule has 0 spiro atoms. The number of nitrogens with one attached hydrogen (secondary N) is 1. The first kappa shape index (κ1) is 18.2. The molecule has 1 N–H and O–H groups in total. The van der Waals surface area contributed by atoms with Gasteiger partial charge in [0.15, 0.2) is 0 Å². The molecule has 3 aliphatic rings. The fourth-order valence-electron chi connectivity index (χ4n) is 3.73. The zero-order valence-corrected chi connectivity index (χ0v) is 15.7. The van der Waals surface area contributed by atoms with E-state index >= 15 is 0 Å². The molecule has 0 atom stereocenters. The van der Waals surface area contributed by atoms with Gasteiger partial charge in [0, 0.05) is 17.2 Å². The standard InChI is InChI=1S/C20H14ClF3N4O/c1-9-12-4-2-3-5-14(12)29-11-6-10(7-11)18-27-13-8-25-17(21)16(20(22,23)24)15(13)19(26-9)28-18/h2-5,8,10-11H,1,6-7H2,(H,26,27,28). The zero-order chi connectivity index (χ0) is 20.3. The van der Waals surface area contributed by atoms with Crippen molar-refractivity contribution in [1.82, 2.24) is 15.0 Å². The minimum atomic E-state index is -4.72. The largest absolute Gasteiger partial charge is 0.490 e. The molecular weight excluding hydrogens is 405 g/mol. The number of pyridine rings is 1. The number of halogens is 4. The highest BCUT2D eigenvalue weighted by Gasteiger charge is 2.40. The lowest BCUT2D eigenvalue weighted by atomic mass is 9.81. The van der Waals surface area contributed by atoms with Crippen LogP contribution in [0.5, 0.6) is 5.75 Å². The molecule has 0 radical (unpaired) electrons. The van der Waals surface area contributed by atoms with Crippen molar-refractivity contribution in [2.45, 2.75) is 31.0 Å². The summed E-state index contributed by atoms with van der Waals surface area (Å²) in [7, 11) is 0. The number of alkyl halides is 3. The van der Waals surface area contributed by atoms with Gasteiger partial charge < -0.3 is 10.1 Å². The van der Waals surface area contributed by atoms with E-state index in [-0.39, 0.29) is 28.7 Å². The number of para-hydroxylation sites is 1. The van der Waals surface area contributed by atoms with Crippen LogP contribution in [-0.4, -0.2) is 21.1 Å². The molecule has 4 bridgehead atoms. The molecule has 9 heteroatoms. The van der Waals surface area contributed by atoms with E-state index in [2.05, 4.69) is 26.8 Å². The first-order chi connectivity index (χ1) is 13.8. The fourth-order valence-corrected chi connectivity index (χ4v) is 3.98. The number of hydrogen-bond acceptors (Lipinski definition) is 5. The summed E-state index contributed by atoms with van der Waals surface area (Å²) in [5.74, 6) is 1.08. The van der Waals surface area contributed by atoms with Crippen molar-refractivity contribution in [1.29, 1.82) is 0 Å². The van der Waals surface area contributed by atoms with E-state index in [1.807, 2.05) is 18.2 Å². The molecule has 3 aromatic rings. The van der Waals surface area contributed by atoms with Crippen LogP contribution in [0.1, 0.15) is 35.7 Å². The molecule has 5 nitrogen and oxygen atoms in total. The molecule has 0 saturated heterocycles. The first-order valence-corrected chi connectivity index (χ1v) is 9.34. The van der Waals surface area contributed by atoms with E-state index in [0.29, 0.717) is 35.7 Å². The van der Waals surface area contributed by atoms with Crippen LogP contribution in [0.15, 0.2) is 37.0 Å². The number of fused-ring (bicyclic) bond motifs is 2. The Labute approximate surface area is 168 Å². The van der Waals surface area contributed by atoms with Gasteiger partial charge in [0.25, 0.3) is 0 Å². The number of ether oxygens (including phenoxy) is 1. The molecule has 148 valence electrons. The smallest absolute Gasteiger partial charge is 0.420 e. The van der Waals surface area contributed by atoms with Crippen LogP contribution in [0.25, 0.3) is 16.6 Å². The Morgan fingerprint density at radius 3 is 2.69 bits per heavy atom. The summed E-state index contributed by atoms with van der Waals surface area (Å²) < 4.78 is 47.4. The first-order valence-electron chi connectivity index (χ1n) is 8.96. The third-order valence-corrected chi connectivity index (χ3v) is 5.52. The van der Waals surface area contributed by atoms with Crippen LogP contribution < -0.4 is 10.1 Å². The zero-order valence-electron chi connectivity index (χ0n) is 14.9. The minimum Gasteiger partial charge on any atom is -0.490 e. The number of hydrogen-bond donors (Lipinski definition) is 1. The van der Waals surface area contributed by atoms with E-state index in [0.717, 1.165) is 0 Å². The van der Waals surface area contributed by atoms with Gasteiger partial charge in [-0.3, -0.25) is 0 Å². The normalized spacial score (nSPS) is 20.8. The molecule has 2 aliphatic heterocycles. The molecule has 1 fully saturated rings. The van der Waals surface area contributed by atoms with Gasteiger partial charge in [0.1, 0.15) is 34.2 Å². The second-order valence-corrected chi connectivity index (χ2v) is 7.48. The summed E-state index contributed by atoms with van der Waals surface area (Å²) in [6.07, 6.45) is -2.13. The highest BCUT2D eigenvalue weighted by atomic mass is 35.5. The lowest BCUT2D eigenvalue weighted by molar-refractivity contribution is -0.136. The Balaban J connectivity index is 1.77. The highest BCUT2D eigenvalue weighted by molar-refractivity contribution is 6.31. The van der Waals surface area contributed by atoms with E-state index in [4.69, 9.17) is 16.3 Å². The van der Waals surface area contributed by atoms with Gasteiger partial charge in [-0.2, -0.15) is 13.2 Å². The van der Waals surface area contributed by atoms with Gasteiger partial charge in [0.2, 0.25) is 0 Å². The van der Waals surface area contributed by atoms with Crippen LogP contribution >= 0.6 is 11.6 Å². The Hall–Kier alpha value is -2.87. The molecular formula is C20H14ClF3N4O. The second-order valence-electron chi connectivity index (χ2n) is 7.12. The summed E-state index contributed by atoms with van der Waals surface area (Å²) in [5.41, 5.74) is 0.0370. The van der Waals surface area contributed by atoms with Gasteiger partial charge in [0.05, 0.1) is 17.1 Å². The number of rotatable bonds is 0. The van der Waals surface area contributed by atoms with E-state index in [1.165, 1.54) is 6.20 Å². The lowest BCUT2D eigenvalue weighted by Crippen LogP contribution is -2.33. The van der Waals surface area contributed by atoms with Crippen LogP contribution in [0.3, 0.4) is 0 Å². The predicted octanol–water partition coefficient (Wildman–Crippen LogP) is 5.42. The lowest BCUT2D eigenvalue weighted by Gasteiger charge is -2.34. The van der Waals surface area contributed by atoms with E-state index in [9.17, 15) is 13.2 Å². The number of benzene rings is 1. The third kappa shape index (κ3) is 2.98. The van der Waals surface area contributed by atoms with Gasteiger partial charge in [-0.05, 0) is 25.0 Å². The van der Waals surface area contributed by atoms with Crippen LogP contribution in [0.4, 0.5) is 19.0 Å². The molecule has 1 aromatic carbocycles. The maximum absolute atomic E-state index is 13.8. The highest BCUT2D eigenvalue weighted by Crippen LogP contribution is 2.45. The Bertz CT molecular complexity index is 1160. The number of aromatic nitrogens is 3. The number of nitrogens with zero attached hydrogens (tertiary/aromatic N) is 3. The second kappa shape index (κ2) is 6.32. The Morgan fingerprint density at radius 1 is 1.17 bits per heavy atom. The average molecular weight is 419 g/mol. The summed E-state index contributed by atoms with van der Waals surface area (Å²) in [4.78, 5) is 12.5. The summed E-state index contributed by atoms with van der Waals surface area (Å²) in [6.45, 7) is 3.99. The minimum absolute atomic E-state index is 0.00603. The van der Waals surface area contributed by atoms with Gasteiger partial charge in [-0.1, -0.05) is 30.3 Å². The Morgan fingerprint density at radius 2 is 1.93 bits per heavy atom. The summed E-state index contributed by atoms with van der Waals surface area (Å²) in [6, 6.07) is 7.26. The van der Waals surface area contributed by atoms with E-state index < -0.39 is 16.9 Å². The third-order valence-electron chi connectivity index (χ3n) is 5.23.